The second kappa shape index (κ2) is 8.82. The summed E-state index contributed by atoms with van der Waals surface area (Å²) in [7, 11) is 0. The molecule has 1 heterocycles. The van der Waals surface area contributed by atoms with Gasteiger partial charge in [0, 0.05) is 11.6 Å². The van der Waals surface area contributed by atoms with Crippen molar-refractivity contribution in [2.45, 2.75) is 30.3 Å². The number of nitrogens with one attached hydrogen (secondary N) is 1. The Bertz CT molecular complexity index is 854. The molecule has 26 heavy (non-hydrogen) atoms. The van der Waals surface area contributed by atoms with Crippen LogP contribution in [0, 0.1) is 0 Å². The number of amides is 1. The summed E-state index contributed by atoms with van der Waals surface area (Å²) >= 11 is 7.27. The van der Waals surface area contributed by atoms with Crippen LogP contribution >= 0.6 is 23.4 Å². The zero-order chi connectivity index (χ0) is 18.4. The average molecular weight is 388 g/mol. The lowest BCUT2D eigenvalue weighted by Gasteiger charge is -2.14. The predicted octanol–water partition coefficient (Wildman–Crippen LogP) is 3.50. The van der Waals surface area contributed by atoms with Gasteiger partial charge in [-0.1, -0.05) is 60.6 Å². The molecule has 1 aromatic heterocycles. The highest BCUT2D eigenvalue weighted by Crippen LogP contribution is 2.25. The van der Waals surface area contributed by atoms with E-state index in [0.717, 1.165) is 11.3 Å². The lowest BCUT2D eigenvalue weighted by atomic mass is 10.2. The van der Waals surface area contributed by atoms with Gasteiger partial charge in [-0.2, -0.15) is 4.68 Å². The SMILES string of the molecule is CCC(Sc1nnnn1-c1ccc(Cl)cc1)C(=O)NCc1ccccc1. The number of carbonyl (C=O) groups is 1. The molecule has 0 spiro atoms. The summed E-state index contributed by atoms with van der Waals surface area (Å²) < 4.78 is 1.61. The van der Waals surface area contributed by atoms with Crippen LogP contribution in [0.15, 0.2) is 59.8 Å². The molecule has 1 atom stereocenters. The molecule has 0 saturated carbocycles. The highest BCUT2D eigenvalue weighted by atomic mass is 35.5. The number of nitrogens with zero attached hydrogens (tertiary/aromatic N) is 4. The lowest BCUT2D eigenvalue weighted by molar-refractivity contribution is -0.120. The van der Waals surface area contributed by atoms with Crippen molar-refractivity contribution in [3.63, 3.8) is 0 Å². The minimum atomic E-state index is -0.282. The highest BCUT2D eigenvalue weighted by molar-refractivity contribution is 8.00. The van der Waals surface area contributed by atoms with Crippen LogP contribution in [0.4, 0.5) is 0 Å². The minimum absolute atomic E-state index is 0.0352. The Hall–Kier alpha value is -2.38. The largest absolute Gasteiger partial charge is 0.351 e. The first kappa shape index (κ1) is 18.4. The first-order valence-corrected chi connectivity index (χ1v) is 9.45. The molecule has 3 rings (SSSR count). The number of carbonyl (C=O) groups excluding carboxylic acids is 1. The fourth-order valence-corrected chi connectivity index (χ4v) is 3.41. The van der Waals surface area contributed by atoms with E-state index in [1.165, 1.54) is 11.8 Å². The van der Waals surface area contributed by atoms with Gasteiger partial charge in [0.1, 0.15) is 0 Å². The first-order chi connectivity index (χ1) is 12.7. The van der Waals surface area contributed by atoms with Crippen molar-refractivity contribution in [2.24, 2.45) is 0 Å². The van der Waals surface area contributed by atoms with Gasteiger partial charge in [-0.05, 0) is 46.7 Å². The molecule has 8 heteroatoms. The van der Waals surface area contributed by atoms with Crippen molar-refractivity contribution in [2.75, 3.05) is 0 Å². The molecular formula is C18H18ClN5OS. The van der Waals surface area contributed by atoms with Gasteiger partial charge in [0.05, 0.1) is 10.9 Å². The van der Waals surface area contributed by atoms with Crippen LogP contribution in [0.25, 0.3) is 5.69 Å². The molecule has 1 unspecified atom stereocenters. The van der Waals surface area contributed by atoms with E-state index in [1.54, 1.807) is 16.8 Å². The Balaban J connectivity index is 1.67. The molecule has 0 aliphatic rings. The van der Waals surface area contributed by atoms with Crippen LogP contribution in [0.1, 0.15) is 18.9 Å². The van der Waals surface area contributed by atoms with E-state index in [1.807, 2.05) is 49.4 Å². The Morgan fingerprint density at radius 1 is 1.19 bits per heavy atom. The summed E-state index contributed by atoms with van der Waals surface area (Å²) in [5.74, 6) is -0.0352. The third-order valence-corrected chi connectivity index (χ3v) is 5.28. The highest BCUT2D eigenvalue weighted by Gasteiger charge is 2.21. The maximum Gasteiger partial charge on any atom is 0.233 e. The maximum absolute atomic E-state index is 12.5. The smallest absolute Gasteiger partial charge is 0.233 e. The molecule has 1 amide bonds. The molecule has 134 valence electrons. The van der Waals surface area contributed by atoms with Crippen molar-refractivity contribution in [1.82, 2.24) is 25.5 Å². The van der Waals surface area contributed by atoms with Crippen LogP contribution in [0.2, 0.25) is 5.02 Å². The molecule has 2 aromatic carbocycles. The van der Waals surface area contributed by atoms with Gasteiger partial charge in [-0.15, -0.1) is 5.10 Å². The van der Waals surface area contributed by atoms with Gasteiger partial charge >= 0.3 is 0 Å². The number of hydrogen-bond acceptors (Lipinski definition) is 5. The minimum Gasteiger partial charge on any atom is -0.351 e. The third kappa shape index (κ3) is 4.62. The van der Waals surface area contributed by atoms with Gasteiger partial charge in [0.2, 0.25) is 11.1 Å². The van der Waals surface area contributed by atoms with E-state index in [4.69, 9.17) is 11.6 Å². The van der Waals surface area contributed by atoms with Crippen molar-refractivity contribution in [3.05, 3.63) is 65.2 Å². The Labute approximate surface area is 160 Å². The average Bonchev–Trinajstić information content (AvgIpc) is 3.14. The van der Waals surface area contributed by atoms with Gasteiger partial charge in [-0.3, -0.25) is 4.79 Å². The van der Waals surface area contributed by atoms with E-state index >= 15 is 0 Å². The molecule has 0 fully saturated rings. The summed E-state index contributed by atoms with van der Waals surface area (Å²) in [6, 6.07) is 17.0. The summed E-state index contributed by atoms with van der Waals surface area (Å²) in [5.41, 5.74) is 1.85. The molecule has 6 nitrogen and oxygen atoms in total. The Kier molecular flexibility index (Phi) is 6.25. The number of rotatable bonds is 7. The molecular weight excluding hydrogens is 370 g/mol. The number of halogens is 1. The van der Waals surface area contributed by atoms with Gasteiger partial charge in [0.25, 0.3) is 0 Å². The molecule has 1 N–H and O–H groups in total. The lowest BCUT2D eigenvalue weighted by Crippen LogP contribution is -2.32. The number of hydrogen-bond donors (Lipinski definition) is 1. The third-order valence-electron chi connectivity index (χ3n) is 3.73. The van der Waals surface area contributed by atoms with E-state index in [9.17, 15) is 4.79 Å². The maximum atomic E-state index is 12.5. The van der Waals surface area contributed by atoms with Crippen molar-refractivity contribution < 1.29 is 4.79 Å². The second-order valence-corrected chi connectivity index (χ2v) is 7.17. The molecule has 0 bridgehead atoms. The molecule has 0 aliphatic heterocycles. The fourth-order valence-electron chi connectivity index (χ4n) is 2.35. The molecule has 3 aromatic rings. The van der Waals surface area contributed by atoms with Crippen LogP contribution in [-0.4, -0.2) is 31.4 Å². The quantitative estimate of drug-likeness (QED) is 0.628. The van der Waals surface area contributed by atoms with Crippen LogP contribution in [-0.2, 0) is 11.3 Å². The van der Waals surface area contributed by atoms with Crippen molar-refractivity contribution in [1.29, 1.82) is 0 Å². The van der Waals surface area contributed by atoms with E-state index in [2.05, 4.69) is 20.8 Å². The standard InChI is InChI=1S/C18H18ClN5OS/c1-2-16(17(25)20-12-13-6-4-3-5-7-13)26-18-21-22-23-24(18)15-10-8-14(19)9-11-15/h3-11,16H,2,12H2,1H3,(H,20,25). The van der Waals surface area contributed by atoms with Gasteiger partial charge in [0.15, 0.2) is 0 Å². The van der Waals surface area contributed by atoms with Crippen LogP contribution < -0.4 is 5.32 Å². The second-order valence-electron chi connectivity index (χ2n) is 5.57. The normalized spacial score (nSPS) is 11.9. The molecule has 0 aliphatic carbocycles. The Morgan fingerprint density at radius 2 is 1.92 bits per heavy atom. The monoisotopic (exact) mass is 387 g/mol. The fraction of sp³-hybridized carbons (Fsp3) is 0.222. The van der Waals surface area contributed by atoms with Crippen molar-refractivity contribution in [3.8, 4) is 5.69 Å². The zero-order valence-corrected chi connectivity index (χ0v) is 15.7. The predicted molar refractivity (Wildman–Crippen MR) is 102 cm³/mol. The molecule has 0 radical (unpaired) electrons. The number of aromatic nitrogens is 4. The van der Waals surface area contributed by atoms with E-state index in [-0.39, 0.29) is 11.2 Å². The molecule has 0 saturated heterocycles. The summed E-state index contributed by atoms with van der Waals surface area (Å²) in [6.45, 7) is 2.47. The topological polar surface area (TPSA) is 72.7 Å². The zero-order valence-electron chi connectivity index (χ0n) is 14.2. The van der Waals surface area contributed by atoms with Crippen LogP contribution in [0.5, 0.6) is 0 Å². The van der Waals surface area contributed by atoms with Crippen LogP contribution in [0.3, 0.4) is 0 Å². The summed E-state index contributed by atoms with van der Waals surface area (Å²) in [4.78, 5) is 12.5. The summed E-state index contributed by atoms with van der Waals surface area (Å²) in [6.07, 6.45) is 0.665. The Morgan fingerprint density at radius 3 is 2.62 bits per heavy atom. The van der Waals surface area contributed by atoms with Gasteiger partial charge < -0.3 is 5.32 Å². The van der Waals surface area contributed by atoms with E-state index < -0.39 is 0 Å². The number of tetrazole rings is 1. The first-order valence-electron chi connectivity index (χ1n) is 8.20. The summed E-state index contributed by atoms with van der Waals surface area (Å²) in [5, 5.41) is 15.7. The van der Waals surface area contributed by atoms with Gasteiger partial charge in [-0.25, -0.2) is 0 Å². The number of benzene rings is 2. The van der Waals surface area contributed by atoms with Crippen molar-refractivity contribution >= 4 is 29.3 Å². The van der Waals surface area contributed by atoms with E-state index in [0.29, 0.717) is 23.1 Å². The number of thioether (sulfide) groups is 1.